The summed E-state index contributed by atoms with van der Waals surface area (Å²) in [5, 5.41) is 4.15. The van der Waals surface area contributed by atoms with Crippen molar-refractivity contribution in [3.8, 4) is 0 Å². The molecule has 158 valence electrons. The number of hydrogen-bond donors (Lipinski definition) is 1. The van der Waals surface area contributed by atoms with E-state index in [4.69, 9.17) is 16.3 Å². The molecule has 8 heteroatoms. The van der Waals surface area contributed by atoms with Gasteiger partial charge in [0.1, 0.15) is 6.10 Å². The molecule has 1 atom stereocenters. The van der Waals surface area contributed by atoms with Crippen LogP contribution in [0.4, 0.5) is 0 Å². The first kappa shape index (κ1) is 23.7. The number of piperazine rings is 1. The number of nitrogens with one attached hydrogen (secondary N) is 1. The Hall–Kier alpha value is -0.560. The van der Waals surface area contributed by atoms with Gasteiger partial charge in [-0.3, -0.25) is 14.6 Å². The van der Waals surface area contributed by atoms with E-state index < -0.39 is 0 Å². The van der Waals surface area contributed by atoms with Crippen molar-refractivity contribution in [1.82, 2.24) is 15.1 Å². The molecule has 1 aromatic carbocycles. The van der Waals surface area contributed by atoms with Crippen LogP contribution in [-0.2, 0) is 16.1 Å². The van der Waals surface area contributed by atoms with E-state index in [1.54, 1.807) is 0 Å². The van der Waals surface area contributed by atoms with Crippen molar-refractivity contribution in [2.75, 3.05) is 45.8 Å². The quantitative estimate of drug-likeness (QED) is 0.715. The fourth-order valence-corrected chi connectivity index (χ4v) is 4.78. The monoisotopic (exact) mass is 449 g/mol. The van der Waals surface area contributed by atoms with Crippen molar-refractivity contribution in [2.24, 2.45) is 5.41 Å². The van der Waals surface area contributed by atoms with Crippen LogP contribution in [0.15, 0.2) is 24.3 Å². The maximum atomic E-state index is 12.4. The van der Waals surface area contributed by atoms with E-state index in [1.807, 2.05) is 18.2 Å². The fourth-order valence-electron chi connectivity index (χ4n) is 4.56. The SMILES string of the molecule is Cl.Cl.O=C1OC(CN2CCN(Cc3cccc(Cl)c3)CC2)CC12CCNCC2. The Kier molecular flexibility index (Phi) is 8.86. The molecule has 0 saturated carbocycles. The molecule has 3 aliphatic rings. The van der Waals surface area contributed by atoms with Gasteiger partial charge in [-0.2, -0.15) is 0 Å². The first-order valence-corrected chi connectivity index (χ1v) is 10.1. The van der Waals surface area contributed by atoms with E-state index in [-0.39, 0.29) is 42.3 Å². The number of cyclic esters (lactones) is 1. The van der Waals surface area contributed by atoms with E-state index >= 15 is 0 Å². The molecule has 0 bridgehead atoms. The van der Waals surface area contributed by atoms with Gasteiger partial charge in [-0.05, 0) is 43.6 Å². The number of carbonyl (C=O) groups is 1. The number of hydrogen-bond acceptors (Lipinski definition) is 5. The highest BCUT2D eigenvalue weighted by Crippen LogP contribution is 2.41. The zero-order valence-electron chi connectivity index (χ0n) is 16.1. The Morgan fingerprint density at radius 1 is 1.11 bits per heavy atom. The van der Waals surface area contributed by atoms with Gasteiger partial charge >= 0.3 is 5.97 Å². The second-order valence-corrected chi connectivity index (χ2v) is 8.40. The van der Waals surface area contributed by atoms with Crippen LogP contribution >= 0.6 is 36.4 Å². The molecule has 5 nitrogen and oxygen atoms in total. The molecule has 0 amide bonds. The maximum Gasteiger partial charge on any atom is 0.312 e. The summed E-state index contributed by atoms with van der Waals surface area (Å²) in [7, 11) is 0. The van der Waals surface area contributed by atoms with Crippen LogP contribution in [0.1, 0.15) is 24.8 Å². The van der Waals surface area contributed by atoms with Crippen LogP contribution < -0.4 is 5.32 Å². The van der Waals surface area contributed by atoms with Crippen LogP contribution in [0.25, 0.3) is 0 Å². The van der Waals surface area contributed by atoms with E-state index in [0.29, 0.717) is 0 Å². The molecular formula is C20H30Cl3N3O2. The van der Waals surface area contributed by atoms with Gasteiger partial charge in [-0.25, -0.2) is 0 Å². The molecule has 3 saturated heterocycles. The molecule has 3 heterocycles. The smallest absolute Gasteiger partial charge is 0.312 e. The van der Waals surface area contributed by atoms with Crippen molar-refractivity contribution in [1.29, 1.82) is 0 Å². The van der Waals surface area contributed by atoms with Gasteiger partial charge in [0, 0.05) is 50.7 Å². The third-order valence-electron chi connectivity index (χ3n) is 6.11. The highest BCUT2D eigenvalue weighted by atomic mass is 35.5. The van der Waals surface area contributed by atoms with Crippen LogP contribution in [0.2, 0.25) is 5.02 Å². The van der Waals surface area contributed by atoms with Crippen molar-refractivity contribution in [3.63, 3.8) is 0 Å². The second-order valence-electron chi connectivity index (χ2n) is 7.97. The average Bonchev–Trinajstić information content (AvgIpc) is 2.92. The second kappa shape index (κ2) is 10.5. The molecule has 0 aliphatic carbocycles. The third kappa shape index (κ3) is 5.53. The standard InChI is InChI=1S/C20H28ClN3O2.2ClH/c21-17-3-1-2-16(12-17)14-23-8-10-24(11-9-23)15-18-13-20(19(25)26-18)4-6-22-7-5-20;;/h1-3,12,18,22H,4-11,13-15H2;2*1H. The van der Waals surface area contributed by atoms with Gasteiger partial charge < -0.3 is 10.1 Å². The molecule has 1 spiro atoms. The topological polar surface area (TPSA) is 44.8 Å². The molecule has 1 unspecified atom stereocenters. The Bertz CT molecular complexity index is 647. The van der Waals surface area contributed by atoms with Crippen LogP contribution in [0.3, 0.4) is 0 Å². The summed E-state index contributed by atoms with van der Waals surface area (Å²) in [4.78, 5) is 17.3. The van der Waals surface area contributed by atoms with Crippen molar-refractivity contribution < 1.29 is 9.53 Å². The van der Waals surface area contributed by atoms with Crippen molar-refractivity contribution in [3.05, 3.63) is 34.9 Å². The molecule has 3 aliphatic heterocycles. The van der Waals surface area contributed by atoms with E-state index in [9.17, 15) is 4.79 Å². The molecule has 1 N–H and O–H groups in total. The third-order valence-corrected chi connectivity index (χ3v) is 6.34. The van der Waals surface area contributed by atoms with Gasteiger partial charge in [-0.15, -0.1) is 24.8 Å². The summed E-state index contributed by atoms with van der Waals surface area (Å²) < 4.78 is 5.76. The van der Waals surface area contributed by atoms with E-state index in [0.717, 1.165) is 76.6 Å². The summed E-state index contributed by atoms with van der Waals surface area (Å²) in [6.07, 6.45) is 2.82. The summed E-state index contributed by atoms with van der Waals surface area (Å²) in [6.45, 7) is 7.85. The number of halogens is 3. The Morgan fingerprint density at radius 2 is 1.79 bits per heavy atom. The highest BCUT2D eigenvalue weighted by Gasteiger charge is 2.49. The van der Waals surface area contributed by atoms with Gasteiger partial charge in [0.15, 0.2) is 0 Å². The van der Waals surface area contributed by atoms with Crippen molar-refractivity contribution >= 4 is 42.4 Å². The van der Waals surface area contributed by atoms with Crippen LogP contribution in [0, 0.1) is 5.41 Å². The highest BCUT2D eigenvalue weighted by molar-refractivity contribution is 6.30. The lowest BCUT2D eigenvalue weighted by molar-refractivity contribution is -0.150. The minimum absolute atomic E-state index is 0. The molecule has 0 aromatic heterocycles. The number of nitrogens with zero attached hydrogens (tertiary/aromatic N) is 2. The minimum Gasteiger partial charge on any atom is -0.461 e. The Morgan fingerprint density at radius 3 is 2.46 bits per heavy atom. The molecule has 28 heavy (non-hydrogen) atoms. The average molecular weight is 451 g/mol. The lowest BCUT2D eigenvalue weighted by atomic mass is 9.76. The number of esters is 1. The van der Waals surface area contributed by atoms with E-state index in [1.165, 1.54) is 5.56 Å². The zero-order chi connectivity index (χ0) is 18.0. The lowest BCUT2D eigenvalue weighted by Crippen LogP contribution is -2.48. The van der Waals surface area contributed by atoms with Crippen LogP contribution in [-0.4, -0.2) is 67.7 Å². The van der Waals surface area contributed by atoms with E-state index in [2.05, 4.69) is 21.2 Å². The largest absolute Gasteiger partial charge is 0.461 e. The fraction of sp³-hybridized carbons (Fsp3) is 0.650. The number of ether oxygens (including phenoxy) is 1. The summed E-state index contributed by atoms with van der Waals surface area (Å²) >= 11 is 6.08. The minimum atomic E-state index is -0.204. The number of benzene rings is 1. The molecule has 1 aromatic rings. The molecule has 3 fully saturated rings. The van der Waals surface area contributed by atoms with Gasteiger partial charge in [0.25, 0.3) is 0 Å². The van der Waals surface area contributed by atoms with Gasteiger partial charge in [0.2, 0.25) is 0 Å². The number of rotatable bonds is 4. The first-order valence-electron chi connectivity index (χ1n) is 9.74. The molecular weight excluding hydrogens is 421 g/mol. The summed E-state index contributed by atoms with van der Waals surface area (Å²) in [5.74, 6) is 0.0450. The first-order chi connectivity index (χ1) is 12.6. The Balaban J connectivity index is 0.00000140. The zero-order valence-corrected chi connectivity index (χ0v) is 18.5. The maximum absolute atomic E-state index is 12.4. The summed E-state index contributed by atoms with van der Waals surface area (Å²) in [6, 6.07) is 8.11. The molecule has 0 radical (unpaired) electrons. The number of piperidine rings is 1. The van der Waals surface area contributed by atoms with Crippen LogP contribution in [0.5, 0.6) is 0 Å². The van der Waals surface area contributed by atoms with Gasteiger partial charge in [-0.1, -0.05) is 23.7 Å². The lowest BCUT2D eigenvalue weighted by Gasteiger charge is -2.35. The molecule has 4 rings (SSSR count). The predicted molar refractivity (Wildman–Crippen MR) is 117 cm³/mol. The Labute approximate surface area is 184 Å². The van der Waals surface area contributed by atoms with Crippen molar-refractivity contribution in [2.45, 2.75) is 31.9 Å². The van der Waals surface area contributed by atoms with Gasteiger partial charge in [0.05, 0.1) is 5.41 Å². The summed E-state index contributed by atoms with van der Waals surface area (Å²) in [5.41, 5.74) is 1.06. The predicted octanol–water partition coefficient (Wildman–Crippen LogP) is 2.99. The normalized spacial score (nSPS) is 25.0. The number of carbonyl (C=O) groups excluding carboxylic acids is 1.